The number of nitrogens with zero attached hydrogens (tertiary/aromatic N) is 2. The van der Waals surface area contributed by atoms with Crippen LogP contribution >= 0.6 is 0 Å². The fraction of sp³-hybridized carbons (Fsp3) is 0.217. The summed E-state index contributed by atoms with van der Waals surface area (Å²) < 4.78 is 6.24. The minimum atomic E-state index is 0.531. The number of furan rings is 1. The molecule has 2 heterocycles. The summed E-state index contributed by atoms with van der Waals surface area (Å²) in [6.45, 7) is 6.44. The molecule has 0 aliphatic carbocycles. The van der Waals surface area contributed by atoms with Gasteiger partial charge in [-0.2, -0.15) is 5.26 Å². The number of nitriles is 1. The monoisotopic (exact) mass is 340 g/mol. The number of aryl methyl sites for hydroxylation is 1. The van der Waals surface area contributed by atoms with Crippen molar-refractivity contribution in [2.24, 2.45) is 5.92 Å². The van der Waals surface area contributed by atoms with Crippen molar-refractivity contribution in [1.82, 2.24) is 4.98 Å². The van der Waals surface area contributed by atoms with Crippen molar-refractivity contribution in [2.75, 3.05) is 0 Å². The molecule has 0 N–H and O–H groups in total. The first kappa shape index (κ1) is 16.4. The van der Waals surface area contributed by atoms with E-state index in [-0.39, 0.29) is 0 Å². The van der Waals surface area contributed by atoms with E-state index in [9.17, 15) is 5.26 Å². The molecule has 0 radical (unpaired) electrons. The molecule has 0 amide bonds. The van der Waals surface area contributed by atoms with Crippen LogP contribution in [0.5, 0.6) is 0 Å². The van der Waals surface area contributed by atoms with Crippen molar-refractivity contribution < 1.29 is 4.42 Å². The summed E-state index contributed by atoms with van der Waals surface area (Å²) in [4.78, 5) is 4.50. The minimum absolute atomic E-state index is 0.531. The predicted octanol–water partition coefficient (Wildman–Crippen LogP) is 6.03. The highest BCUT2D eigenvalue weighted by Gasteiger charge is 2.18. The van der Waals surface area contributed by atoms with Gasteiger partial charge in [0, 0.05) is 22.5 Å². The second-order valence-electron chi connectivity index (χ2n) is 7.18. The Morgan fingerprint density at radius 1 is 1.08 bits per heavy atom. The molecule has 0 aliphatic heterocycles. The van der Waals surface area contributed by atoms with Crippen molar-refractivity contribution in [2.45, 2.75) is 27.2 Å². The van der Waals surface area contributed by atoms with Gasteiger partial charge in [-0.05, 0) is 54.7 Å². The number of pyridine rings is 1. The molecule has 3 nitrogen and oxygen atoms in total. The molecule has 0 saturated heterocycles. The molecule has 0 bridgehead atoms. The highest BCUT2D eigenvalue weighted by Crippen LogP contribution is 2.38. The Morgan fingerprint density at radius 3 is 2.62 bits per heavy atom. The van der Waals surface area contributed by atoms with Gasteiger partial charge in [0.05, 0.1) is 11.3 Å². The summed E-state index contributed by atoms with van der Waals surface area (Å²) in [6, 6.07) is 16.5. The lowest BCUT2D eigenvalue weighted by Crippen LogP contribution is -1.94. The largest absolute Gasteiger partial charge is 0.454 e. The van der Waals surface area contributed by atoms with E-state index in [2.05, 4.69) is 50.0 Å². The molecule has 4 aromatic rings. The van der Waals surface area contributed by atoms with E-state index in [4.69, 9.17) is 4.42 Å². The van der Waals surface area contributed by atoms with E-state index < -0.39 is 0 Å². The van der Waals surface area contributed by atoms with Crippen LogP contribution in [-0.2, 0) is 6.42 Å². The fourth-order valence-electron chi connectivity index (χ4n) is 3.60. The van der Waals surface area contributed by atoms with Crippen LogP contribution in [0.3, 0.4) is 0 Å². The Bertz CT molecular complexity index is 1150. The number of aromatic nitrogens is 1. The quantitative estimate of drug-likeness (QED) is 0.458. The number of rotatable bonds is 3. The molecule has 0 saturated carbocycles. The Hall–Kier alpha value is -3.12. The molecular formula is C23H20N2O. The molecule has 2 aromatic heterocycles. The summed E-state index contributed by atoms with van der Waals surface area (Å²) in [7, 11) is 0. The third-order valence-electron chi connectivity index (χ3n) is 4.69. The van der Waals surface area contributed by atoms with Gasteiger partial charge in [-0.25, -0.2) is 0 Å². The molecule has 26 heavy (non-hydrogen) atoms. The zero-order valence-electron chi connectivity index (χ0n) is 15.2. The lowest BCUT2D eigenvalue weighted by molar-refractivity contribution is 0.645. The molecule has 0 fully saturated rings. The lowest BCUT2D eigenvalue weighted by atomic mass is 9.97. The summed E-state index contributed by atoms with van der Waals surface area (Å²) in [6.07, 6.45) is 2.73. The molecule has 128 valence electrons. The number of hydrogen-bond acceptors (Lipinski definition) is 3. The van der Waals surface area contributed by atoms with Crippen molar-refractivity contribution >= 4 is 21.9 Å². The number of fused-ring (bicyclic) bond motifs is 3. The summed E-state index contributed by atoms with van der Waals surface area (Å²) >= 11 is 0. The van der Waals surface area contributed by atoms with Crippen LogP contribution in [0.25, 0.3) is 33.2 Å². The average Bonchev–Trinajstić information content (AvgIpc) is 2.99. The van der Waals surface area contributed by atoms with Crippen molar-refractivity contribution in [1.29, 1.82) is 5.26 Å². The zero-order chi connectivity index (χ0) is 18.3. The maximum Gasteiger partial charge on any atom is 0.153 e. The van der Waals surface area contributed by atoms with Crippen LogP contribution in [0.2, 0.25) is 0 Å². The van der Waals surface area contributed by atoms with Gasteiger partial charge in [-0.15, -0.1) is 0 Å². The number of benzene rings is 2. The van der Waals surface area contributed by atoms with Gasteiger partial charge in [0.15, 0.2) is 5.58 Å². The van der Waals surface area contributed by atoms with Crippen LogP contribution < -0.4 is 0 Å². The van der Waals surface area contributed by atoms with Crippen LogP contribution in [0.4, 0.5) is 0 Å². The van der Waals surface area contributed by atoms with Gasteiger partial charge in [0.1, 0.15) is 11.7 Å². The van der Waals surface area contributed by atoms with Crippen LogP contribution in [0.15, 0.2) is 53.1 Å². The van der Waals surface area contributed by atoms with E-state index in [1.807, 2.05) is 24.3 Å². The smallest absolute Gasteiger partial charge is 0.153 e. The Balaban J connectivity index is 2.08. The van der Waals surface area contributed by atoms with Crippen LogP contribution in [0, 0.1) is 24.2 Å². The predicted molar refractivity (Wildman–Crippen MR) is 105 cm³/mol. The SMILES string of the molecule is Cc1ccc2c(oc3c(C#N)cc(CC(C)C)cc32)c1-c1ccccn1. The molecule has 0 aliphatic rings. The minimum Gasteiger partial charge on any atom is -0.454 e. The highest BCUT2D eigenvalue weighted by atomic mass is 16.3. The van der Waals surface area contributed by atoms with E-state index >= 15 is 0 Å². The van der Waals surface area contributed by atoms with E-state index in [1.165, 1.54) is 5.56 Å². The standard InChI is InChI=1S/C23H20N2O/c1-14(2)10-16-11-17(13-24)22-19(12-16)18-8-7-15(3)21(23(18)26-22)20-6-4-5-9-25-20/h4-9,11-12,14H,10H2,1-3H3. The molecule has 3 heteroatoms. The van der Waals surface area contributed by atoms with Crippen molar-refractivity contribution in [3.05, 3.63) is 65.4 Å². The lowest BCUT2D eigenvalue weighted by Gasteiger charge is -2.06. The molecule has 0 atom stereocenters. The van der Waals surface area contributed by atoms with Gasteiger partial charge >= 0.3 is 0 Å². The Morgan fingerprint density at radius 2 is 1.92 bits per heavy atom. The third-order valence-corrected chi connectivity index (χ3v) is 4.69. The molecule has 2 aromatic carbocycles. The molecule has 4 rings (SSSR count). The van der Waals surface area contributed by atoms with Gasteiger partial charge < -0.3 is 4.42 Å². The first-order valence-electron chi connectivity index (χ1n) is 8.88. The van der Waals surface area contributed by atoms with Gasteiger partial charge in [-0.3, -0.25) is 4.98 Å². The summed E-state index contributed by atoms with van der Waals surface area (Å²) in [5.41, 5.74) is 6.22. The van der Waals surface area contributed by atoms with Crippen molar-refractivity contribution in [3.8, 4) is 17.3 Å². The fourth-order valence-corrected chi connectivity index (χ4v) is 3.60. The first-order chi connectivity index (χ1) is 12.6. The first-order valence-corrected chi connectivity index (χ1v) is 8.88. The van der Waals surface area contributed by atoms with Gasteiger partial charge in [0.2, 0.25) is 0 Å². The zero-order valence-corrected chi connectivity index (χ0v) is 15.2. The third kappa shape index (κ3) is 2.64. The van der Waals surface area contributed by atoms with Crippen molar-refractivity contribution in [3.63, 3.8) is 0 Å². The van der Waals surface area contributed by atoms with Crippen LogP contribution in [-0.4, -0.2) is 4.98 Å². The second-order valence-corrected chi connectivity index (χ2v) is 7.18. The maximum absolute atomic E-state index is 9.64. The molecule has 0 unspecified atom stereocenters. The van der Waals surface area contributed by atoms with E-state index in [1.54, 1.807) is 6.20 Å². The average molecular weight is 340 g/mol. The molecular weight excluding hydrogens is 320 g/mol. The second kappa shape index (κ2) is 6.31. The summed E-state index contributed by atoms with van der Waals surface area (Å²) in [5, 5.41) is 11.7. The normalized spacial score (nSPS) is 11.3. The highest BCUT2D eigenvalue weighted by molar-refractivity contribution is 6.11. The molecule has 0 spiro atoms. The maximum atomic E-state index is 9.64. The van der Waals surface area contributed by atoms with E-state index in [0.717, 1.165) is 39.6 Å². The van der Waals surface area contributed by atoms with Gasteiger partial charge in [-0.1, -0.05) is 32.0 Å². The van der Waals surface area contributed by atoms with Gasteiger partial charge in [0.25, 0.3) is 0 Å². The summed E-state index contributed by atoms with van der Waals surface area (Å²) in [5.74, 6) is 0.531. The Labute approximate surface area is 152 Å². The van der Waals surface area contributed by atoms with E-state index in [0.29, 0.717) is 17.1 Å². The topological polar surface area (TPSA) is 49.8 Å². The van der Waals surface area contributed by atoms with Crippen LogP contribution in [0.1, 0.15) is 30.5 Å². The Kier molecular flexibility index (Phi) is 3.97. The number of hydrogen-bond donors (Lipinski definition) is 0.